The number of ether oxygens (including phenoxy) is 2. The van der Waals surface area contributed by atoms with Crippen LogP contribution in [0.4, 0.5) is 0 Å². The third-order valence-electron chi connectivity index (χ3n) is 2.93. The molecule has 4 nitrogen and oxygen atoms in total. The van der Waals surface area contributed by atoms with Crippen molar-refractivity contribution in [2.24, 2.45) is 5.92 Å². The van der Waals surface area contributed by atoms with Crippen LogP contribution in [-0.4, -0.2) is 31.7 Å². The smallest absolute Gasteiger partial charge is 0.168 e. The van der Waals surface area contributed by atoms with Gasteiger partial charge in [0.15, 0.2) is 17.3 Å². The number of hydrogen-bond acceptors (Lipinski definition) is 4. The van der Waals surface area contributed by atoms with Crippen molar-refractivity contribution in [2.75, 3.05) is 20.8 Å². The van der Waals surface area contributed by atoms with E-state index in [0.29, 0.717) is 23.5 Å². The molecule has 1 aliphatic carbocycles. The molecule has 0 radical (unpaired) electrons. The van der Waals surface area contributed by atoms with Crippen molar-refractivity contribution in [3.63, 3.8) is 0 Å². The first kappa shape index (κ1) is 11.0. The van der Waals surface area contributed by atoms with Gasteiger partial charge in [0.25, 0.3) is 0 Å². The molecule has 1 atom stereocenters. The van der Waals surface area contributed by atoms with Crippen LogP contribution < -0.4 is 9.47 Å². The van der Waals surface area contributed by atoms with Gasteiger partial charge in [-0.1, -0.05) is 0 Å². The Bertz CT molecular complexity index is 425. The number of aliphatic hydroxyl groups excluding tert-OH is 1. The maximum absolute atomic E-state index is 11.8. The average Bonchev–Trinajstić information content (AvgIpc) is 2.63. The second kappa shape index (κ2) is 4.14. The van der Waals surface area contributed by atoms with Gasteiger partial charge in [-0.2, -0.15) is 0 Å². The summed E-state index contributed by atoms with van der Waals surface area (Å²) in [6.45, 7) is -0.113. The molecule has 2 rings (SSSR count). The van der Waals surface area contributed by atoms with Crippen LogP contribution in [0.1, 0.15) is 15.9 Å². The van der Waals surface area contributed by atoms with Gasteiger partial charge < -0.3 is 14.6 Å². The van der Waals surface area contributed by atoms with Crippen molar-refractivity contribution >= 4 is 5.78 Å². The molecule has 0 spiro atoms. The molecule has 0 bridgehead atoms. The molecule has 1 N–H and O–H groups in total. The van der Waals surface area contributed by atoms with Gasteiger partial charge in [0.05, 0.1) is 20.8 Å². The van der Waals surface area contributed by atoms with Crippen molar-refractivity contribution in [1.29, 1.82) is 0 Å². The van der Waals surface area contributed by atoms with E-state index in [4.69, 9.17) is 14.6 Å². The number of benzene rings is 1. The SMILES string of the molecule is COc1cc2c(cc1OC)C(=O)[C@@H](CO)C2. The highest BCUT2D eigenvalue weighted by Crippen LogP contribution is 2.36. The first-order chi connectivity index (χ1) is 7.71. The summed E-state index contributed by atoms with van der Waals surface area (Å²) in [5.74, 6) is 0.839. The van der Waals surface area contributed by atoms with Crippen LogP contribution in [0.2, 0.25) is 0 Å². The number of carbonyl (C=O) groups excluding carboxylic acids is 1. The summed E-state index contributed by atoms with van der Waals surface area (Å²) in [4.78, 5) is 11.8. The molecule has 0 aliphatic heterocycles. The molecular weight excluding hydrogens is 208 g/mol. The number of fused-ring (bicyclic) bond motifs is 1. The van der Waals surface area contributed by atoms with Crippen LogP contribution in [0.5, 0.6) is 11.5 Å². The maximum Gasteiger partial charge on any atom is 0.168 e. The fourth-order valence-electron chi connectivity index (χ4n) is 2.04. The highest BCUT2D eigenvalue weighted by molar-refractivity contribution is 6.03. The van der Waals surface area contributed by atoms with Gasteiger partial charge >= 0.3 is 0 Å². The van der Waals surface area contributed by atoms with Gasteiger partial charge in [-0.3, -0.25) is 4.79 Å². The van der Waals surface area contributed by atoms with Gasteiger partial charge in [0, 0.05) is 11.5 Å². The van der Waals surface area contributed by atoms with Gasteiger partial charge in [-0.15, -0.1) is 0 Å². The Morgan fingerprint density at radius 1 is 1.31 bits per heavy atom. The number of ketones is 1. The highest BCUT2D eigenvalue weighted by atomic mass is 16.5. The molecule has 0 amide bonds. The lowest BCUT2D eigenvalue weighted by Crippen LogP contribution is -2.12. The molecule has 1 aromatic rings. The van der Waals surface area contributed by atoms with Gasteiger partial charge in [0.1, 0.15) is 0 Å². The molecule has 86 valence electrons. The van der Waals surface area contributed by atoms with E-state index in [1.807, 2.05) is 6.07 Å². The maximum atomic E-state index is 11.8. The summed E-state index contributed by atoms with van der Waals surface area (Å²) in [5.41, 5.74) is 1.55. The minimum Gasteiger partial charge on any atom is -0.493 e. The molecule has 0 fully saturated rings. The number of Topliss-reactive ketones (excluding diaryl/α,β-unsaturated/α-hetero) is 1. The number of carbonyl (C=O) groups is 1. The molecule has 0 heterocycles. The van der Waals surface area contributed by atoms with E-state index in [2.05, 4.69) is 0 Å². The average molecular weight is 222 g/mol. The Kier molecular flexibility index (Phi) is 2.83. The number of hydrogen-bond donors (Lipinski definition) is 1. The quantitative estimate of drug-likeness (QED) is 0.830. The van der Waals surface area contributed by atoms with Crippen molar-refractivity contribution in [1.82, 2.24) is 0 Å². The van der Waals surface area contributed by atoms with Gasteiger partial charge in [-0.25, -0.2) is 0 Å². The van der Waals surface area contributed by atoms with E-state index >= 15 is 0 Å². The van der Waals surface area contributed by atoms with Crippen LogP contribution >= 0.6 is 0 Å². The van der Waals surface area contributed by atoms with Gasteiger partial charge in [0.2, 0.25) is 0 Å². The van der Waals surface area contributed by atoms with Crippen molar-refractivity contribution in [2.45, 2.75) is 6.42 Å². The van der Waals surface area contributed by atoms with E-state index in [1.165, 1.54) is 7.11 Å². The number of aliphatic hydroxyl groups is 1. The summed E-state index contributed by atoms with van der Waals surface area (Å²) in [6, 6.07) is 3.49. The Hall–Kier alpha value is -1.55. The van der Waals surface area contributed by atoms with E-state index in [-0.39, 0.29) is 18.3 Å². The van der Waals surface area contributed by atoms with Crippen molar-refractivity contribution < 1.29 is 19.4 Å². The summed E-state index contributed by atoms with van der Waals surface area (Å²) in [5, 5.41) is 9.08. The summed E-state index contributed by atoms with van der Waals surface area (Å²) >= 11 is 0. The molecule has 0 saturated heterocycles. The molecular formula is C12H14O4. The van der Waals surface area contributed by atoms with Crippen LogP contribution in [0.3, 0.4) is 0 Å². The monoisotopic (exact) mass is 222 g/mol. The lowest BCUT2D eigenvalue weighted by atomic mass is 10.1. The molecule has 16 heavy (non-hydrogen) atoms. The fraction of sp³-hybridized carbons (Fsp3) is 0.417. The highest BCUT2D eigenvalue weighted by Gasteiger charge is 2.31. The minimum atomic E-state index is -0.313. The second-order valence-corrected chi connectivity index (χ2v) is 3.81. The zero-order chi connectivity index (χ0) is 11.7. The van der Waals surface area contributed by atoms with Crippen molar-refractivity contribution in [3.05, 3.63) is 23.3 Å². The first-order valence-electron chi connectivity index (χ1n) is 5.11. The Morgan fingerprint density at radius 2 is 1.94 bits per heavy atom. The zero-order valence-corrected chi connectivity index (χ0v) is 9.32. The number of rotatable bonds is 3. The Morgan fingerprint density at radius 3 is 2.50 bits per heavy atom. The molecule has 1 aliphatic rings. The van der Waals surface area contributed by atoms with E-state index in [0.717, 1.165) is 5.56 Å². The third kappa shape index (κ3) is 1.55. The predicted molar refractivity (Wildman–Crippen MR) is 58.2 cm³/mol. The summed E-state index contributed by atoms with van der Waals surface area (Å²) in [7, 11) is 3.09. The van der Waals surface area contributed by atoms with Crippen LogP contribution in [0, 0.1) is 5.92 Å². The van der Waals surface area contributed by atoms with E-state index < -0.39 is 0 Å². The summed E-state index contributed by atoms with van der Waals surface area (Å²) in [6.07, 6.45) is 0.574. The fourth-order valence-corrected chi connectivity index (χ4v) is 2.04. The van der Waals surface area contributed by atoms with E-state index in [9.17, 15) is 4.79 Å². The Labute approximate surface area is 93.8 Å². The molecule has 0 saturated carbocycles. The molecule has 4 heteroatoms. The van der Waals surface area contributed by atoms with E-state index in [1.54, 1.807) is 13.2 Å². The standard InChI is InChI=1S/C12H14O4/c1-15-10-4-7-3-8(6-13)12(14)9(7)5-11(10)16-2/h4-5,8,13H,3,6H2,1-2H3/t8-/m1/s1. The second-order valence-electron chi connectivity index (χ2n) is 3.81. The normalized spacial score (nSPS) is 18.4. The predicted octanol–water partition coefficient (Wildman–Crippen LogP) is 1.05. The molecule has 0 unspecified atom stereocenters. The molecule has 0 aromatic heterocycles. The molecule has 1 aromatic carbocycles. The van der Waals surface area contributed by atoms with Crippen LogP contribution in [-0.2, 0) is 6.42 Å². The minimum absolute atomic E-state index is 0.0153. The number of methoxy groups -OCH3 is 2. The van der Waals surface area contributed by atoms with Crippen LogP contribution in [0.15, 0.2) is 12.1 Å². The lowest BCUT2D eigenvalue weighted by molar-refractivity contribution is 0.0883. The van der Waals surface area contributed by atoms with Gasteiger partial charge in [-0.05, 0) is 24.1 Å². The topological polar surface area (TPSA) is 55.8 Å². The third-order valence-corrected chi connectivity index (χ3v) is 2.93. The Balaban J connectivity index is 2.47. The van der Waals surface area contributed by atoms with Crippen LogP contribution in [0.25, 0.3) is 0 Å². The lowest BCUT2D eigenvalue weighted by Gasteiger charge is -2.09. The zero-order valence-electron chi connectivity index (χ0n) is 9.32. The summed E-state index contributed by atoms with van der Waals surface area (Å²) < 4.78 is 10.3. The largest absolute Gasteiger partial charge is 0.493 e. The first-order valence-corrected chi connectivity index (χ1v) is 5.11. The van der Waals surface area contributed by atoms with Crippen molar-refractivity contribution in [3.8, 4) is 11.5 Å².